The predicted octanol–water partition coefficient (Wildman–Crippen LogP) is 3.89. The number of phenolic OH excluding ortho intramolecular Hbond substituents is 1. The van der Waals surface area contributed by atoms with Crippen molar-refractivity contribution in [1.29, 1.82) is 0 Å². The summed E-state index contributed by atoms with van der Waals surface area (Å²) in [6.45, 7) is 4.60. The number of aromatic hydroxyl groups is 1. The summed E-state index contributed by atoms with van der Waals surface area (Å²) in [5.74, 6) is -0.961. The van der Waals surface area contributed by atoms with Crippen molar-refractivity contribution in [3.8, 4) is 5.75 Å². The topological polar surface area (TPSA) is 70.4 Å². The monoisotopic (exact) mass is 299 g/mol. The number of fused-ring (bicyclic) bond motifs is 1. The summed E-state index contributed by atoms with van der Waals surface area (Å²) < 4.78 is 0. The Labute approximate surface area is 119 Å². The minimum Gasteiger partial charge on any atom is -0.504 e. The number of benzene rings is 1. The zero-order valence-corrected chi connectivity index (χ0v) is 11.5. The maximum atomic E-state index is 9.60. The van der Waals surface area contributed by atoms with Crippen molar-refractivity contribution in [3.63, 3.8) is 0 Å². The Morgan fingerprint density at radius 1 is 1.37 bits per heavy atom. The molecule has 2 N–H and O–H groups in total. The van der Waals surface area contributed by atoms with Gasteiger partial charge in [0.2, 0.25) is 0 Å². The molecule has 0 fully saturated rings. The molecule has 1 heterocycles. The highest BCUT2D eigenvalue weighted by atomic mass is 35.5. The minimum atomic E-state index is -0.935. The first-order chi connectivity index (χ1) is 8.84. The van der Waals surface area contributed by atoms with E-state index in [9.17, 15) is 9.90 Å². The van der Waals surface area contributed by atoms with Crippen LogP contribution in [-0.2, 0) is 4.79 Å². The largest absolute Gasteiger partial charge is 0.504 e. The van der Waals surface area contributed by atoms with Gasteiger partial charge in [0.25, 0.3) is 0 Å². The first kappa shape index (κ1) is 15.3. The minimum absolute atomic E-state index is 0.0262. The lowest BCUT2D eigenvalue weighted by Gasteiger charge is -2.03. The van der Waals surface area contributed by atoms with Crippen molar-refractivity contribution in [2.24, 2.45) is 0 Å². The van der Waals surface area contributed by atoms with Gasteiger partial charge in [-0.2, -0.15) is 0 Å². The second-order valence-electron chi connectivity index (χ2n) is 3.67. The van der Waals surface area contributed by atoms with Crippen molar-refractivity contribution < 1.29 is 15.0 Å². The van der Waals surface area contributed by atoms with E-state index < -0.39 is 5.97 Å². The molecule has 0 saturated carbocycles. The number of phenols is 1. The smallest absolute Gasteiger partial charge is 0.330 e. The van der Waals surface area contributed by atoms with Crippen molar-refractivity contribution in [2.45, 2.75) is 6.92 Å². The highest BCUT2D eigenvalue weighted by molar-refractivity contribution is 6.39. The maximum absolute atomic E-state index is 9.60. The third-order valence-electron chi connectivity index (χ3n) is 2.13. The number of nitrogens with zero attached hydrogens (tertiary/aromatic N) is 1. The summed E-state index contributed by atoms with van der Waals surface area (Å²) >= 11 is 11.6. The number of pyridine rings is 1. The molecule has 6 heteroatoms. The summed E-state index contributed by atoms with van der Waals surface area (Å²) in [6, 6.07) is 5.03. The molecule has 0 radical (unpaired) electrons. The van der Waals surface area contributed by atoms with E-state index in [1.807, 2.05) is 0 Å². The van der Waals surface area contributed by atoms with Gasteiger partial charge in [-0.15, -0.1) is 0 Å². The van der Waals surface area contributed by atoms with Gasteiger partial charge in [-0.3, -0.25) is 4.98 Å². The summed E-state index contributed by atoms with van der Waals surface area (Å²) in [5, 5.41) is 18.8. The van der Waals surface area contributed by atoms with Gasteiger partial charge in [0.1, 0.15) is 5.52 Å². The number of halogens is 2. The highest BCUT2D eigenvalue weighted by Crippen LogP contribution is 2.35. The molecule has 2 aromatic rings. The van der Waals surface area contributed by atoms with E-state index in [4.69, 9.17) is 28.3 Å². The second-order valence-corrected chi connectivity index (χ2v) is 4.49. The van der Waals surface area contributed by atoms with Crippen molar-refractivity contribution in [1.82, 2.24) is 4.98 Å². The van der Waals surface area contributed by atoms with Crippen molar-refractivity contribution in [2.75, 3.05) is 0 Å². The molecule has 100 valence electrons. The van der Waals surface area contributed by atoms with Gasteiger partial charge in [-0.25, -0.2) is 4.79 Å². The van der Waals surface area contributed by atoms with Crippen LogP contribution < -0.4 is 0 Å². The Kier molecular flexibility index (Phi) is 5.15. The number of carboxylic acids is 1. The first-order valence-electron chi connectivity index (χ1n) is 5.15. The molecular formula is C13H11Cl2NO3. The molecule has 19 heavy (non-hydrogen) atoms. The number of aliphatic carboxylic acids is 1. The molecule has 1 aromatic heterocycles. The van der Waals surface area contributed by atoms with E-state index in [0.717, 1.165) is 0 Å². The summed E-state index contributed by atoms with van der Waals surface area (Å²) in [6.07, 6.45) is 1.58. The number of aromatic nitrogens is 1. The fourth-order valence-electron chi connectivity index (χ4n) is 1.16. The molecule has 0 bridgehead atoms. The predicted molar refractivity (Wildman–Crippen MR) is 75.9 cm³/mol. The van der Waals surface area contributed by atoms with Crippen LogP contribution in [0.25, 0.3) is 10.9 Å². The molecule has 0 unspecified atom stereocenters. The van der Waals surface area contributed by atoms with Crippen molar-refractivity contribution >= 4 is 40.1 Å². The second kappa shape index (κ2) is 6.41. The number of carboxylic acid groups (broad SMARTS) is 1. The summed E-state index contributed by atoms with van der Waals surface area (Å²) in [7, 11) is 0. The average Bonchev–Trinajstić information content (AvgIpc) is 2.37. The molecule has 0 amide bonds. The standard InChI is InChI=1S/C9H5Cl2NO.C4H6O2/c10-6-4-7(11)9(13)8-5(6)2-1-3-12-8;1-3(2)4(5)6/h1-4,13H;1H2,2H3,(H,5,6). The Morgan fingerprint density at radius 3 is 2.47 bits per heavy atom. The molecule has 0 aliphatic heterocycles. The Hall–Kier alpha value is -1.78. The zero-order valence-electron chi connectivity index (χ0n) is 10.0. The number of hydrogen-bond donors (Lipinski definition) is 2. The van der Waals surface area contributed by atoms with Crippen LogP contribution in [0.1, 0.15) is 6.92 Å². The lowest BCUT2D eigenvalue weighted by molar-refractivity contribution is -0.132. The SMILES string of the molecule is C=C(C)C(=O)O.Oc1c(Cl)cc(Cl)c2cccnc12. The molecule has 0 aliphatic rings. The van der Waals surface area contributed by atoms with Gasteiger partial charge in [0, 0.05) is 17.2 Å². The Morgan fingerprint density at radius 2 is 1.95 bits per heavy atom. The number of rotatable bonds is 1. The number of carbonyl (C=O) groups is 1. The van der Waals surface area contributed by atoms with Crippen molar-refractivity contribution in [3.05, 3.63) is 46.6 Å². The summed E-state index contributed by atoms with van der Waals surface area (Å²) in [4.78, 5) is 13.6. The lowest BCUT2D eigenvalue weighted by Crippen LogP contribution is -1.92. The van der Waals surface area contributed by atoms with Crippen LogP contribution in [0.4, 0.5) is 0 Å². The fraction of sp³-hybridized carbons (Fsp3) is 0.0769. The van der Waals surface area contributed by atoms with Gasteiger partial charge < -0.3 is 10.2 Å². The maximum Gasteiger partial charge on any atom is 0.330 e. The molecule has 0 atom stereocenters. The first-order valence-corrected chi connectivity index (χ1v) is 5.90. The quantitative estimate of drug-likeness (QED) is 0.784. The van der Waals surface area contributed by atoms with Crippen LogP contribution >= 0.6 is 23.2 Å². The van der Waals surface area contributed by atoms with Gasteiger partial charge in [0.05, 0.1) is 10.0 Å². The van der Waals surface area contributed by atoms with E-state index in [1.165, 1.54) is 13.0 Å². The summed E-state index contributed by atoms with van der Waals surface area (Å²) in [5.41, 5.74) is 0.606. The molecule has 4 nitrogen and oxygen atoms in total. The van der Waals surface area contributed by atoms with E-state index in [-0.39, 0.29) is 16.3 Å². The normalized spacial score (nSPS) is 9.63. The van der Waals surface area contributed by atoms with Crippen LogP contribution in [0.5, 0.6) is 5.75 Å². The van der Waals surface area contributed by atoms with Crippen LogP contribution in [0.3, 0.4) is 0 Å². The van der Waals surface area contributed by atoms with Gasteiger partial charge in [-0.1, -0.05) is 29.8 Å². The molecular weight excluding hydrogens is 289 g/mol. The fourth-order valence-corrected chi connectivity index (χ4v) is 1.67. The van der Waals surface area contributed by atoms with Crippen LogP contribution in [0.15, 0.2) is 36.5 Å². The molecule has 1 aromatic carbocycles. The molecule has 0 spiro atoms. The van der Waals surface area contributed by atoms with E-state index in [2.05, 4.69) is 11.6 Å². The molecule has 2 rings (SSSR count). The average molecular weight is 300 g/mol. The molecule has 0 saturated heterocycles. The van der Waals surface area contributed by atoms with E-state index in [0.29, 0.717) is 15.9 Å². The Balaban J connectivity index is 0.000000258. The van der Waals surface area contributed by atoms with Crippen LogP contribution in [0, 0.1) is 0 Å². The number of hydrogen-bond acceptors (Lipinski definition) is 3. The Bertz CT molecular complexity index is 629. The van der Waals surface area contributed by atoms with Gasteiger partial charge >= 0.3 is 5.97 Å². The van der Waals surface area contributed by atoms with E-state index in [1.54, 1.807) is 18.3 Å². The van der Waals surface area contributed by atoms with Crippen LogP contribution in [0.2, 0.25) is 10.0 Å². The van der Waals surface area contributed by atoms with Gasteiger partial charge in [0.15, 0.2) is 5.75 Å². The zero-order chi connectivity index (χ0) is 14.6. The third-order valence-corrected chi connectivity index (χ3v) is 2.73. The molecule has 0 aliphatic carbocycles. The lowest BCUT2D eigenvalue weighted by atomic mass is 10.2. The van der Waals surface area contributed by atoms with Crippen LogP contribution in [-0.4, -0.2) is 21.2 Å². The van der Waals surface area contributed by atoms with E-state index >= 15 is 0 Å². The third kappa shape index (κ3) is 3.84. The van der Waals surface area contributed by atoms with Gasteiger partial charge in [-0.05, 0) is 25.1 Å². The highest BCUT2D eigenvalue weighted by Gasteiger charge is 2.08.